The SMILES string of the molecule is CCCOc1cccc(/C(O)=C2/C(=O)C(=O)N(CCOC)C2c2cccs2)c1. The zero-order chi connectivity index (χ0) is 20.1. The van der Waals surface area contributed by atoms with E-state index in [4.69, 9.17) is 9.47 Å². The molecule has 1 unspecified atom stereocenters. The molecular weight excluding hydrogens is 378 g/mol. The average molecular weight is 401 g/mol. The van der Waals surface area contributed by atoms with E-state index in [-0.39, 0.29) is 17.9 Å². The summed E-state index contributed by atoms with van der Waals surface area (Å²) in [5.41, 5.74) is 0.538. The molecule has 3 rings (SSSR count). The molecule has 7 heteroatoms. The number of amides is 1. The zero-order valence-corrected chi connectivity index (χ0v) is 16.7. The first-order valence-corrected chi connectivity index (χ1v) is 10.0. The number of carbonyl (C=O) groups excluding carboxylic acids is 2. The van der Waals surface area contributed by atoms with Gasteiger partial charge in [-0.1, -0.05) is 25.1 Å². The lowest BCUT2D eigenvalue weighted by Gasteiger charge is -2.23. The van der Waals surface area contributed by atoms with Gasteiger partial charge in [0.1, 0.15) is 11.5 Å². The van der Waals surface area contributed by atoms with E-state index in [0.717, 1.165) is 11.3 Å². The van der Waals surface area contributed by atoms with E-state index >= 15 is 0 Å². The maximum atomic E-state index is 12.8. The van der Waals surface area contributed by atoms with Crippen molar-refractivity contribution >= 4 is 28.8 Å². The Morgan fingerprint density at radius 2 is 2.04 bits per heavy atom. The lowest BCUT2D eigenvalue weighted by atomic mass is 10.00. The first-order chi connectivity index (χ1) is 13.6. The Morgan fingerprint density at radius 1 is 1.21 bits per heavy atom. The summed E-state index contributed by atoms with van der Waals surface area (Å²) < 4.78 is 10.7. The smallest absolute Gasteiger partial charge is 0.295 e. The Labute approximate surface area is 168 Å². The van der Waals surface area contributed by atoms with Gasteiger partial charge in [0, 0.05) is 24.1 Å². The number of benzene rings is 1. The number of ether oxygens (including phenoxy) is 2. The van der Waals surface area contributed by atoms with Crippen LogP contribution in [0.1, 0.15) is 29.8 Å². The second-order valence-corrected chi connectivity index (χ2v) is 7.36. The molecule has 0 radical (unpaired) electrons. The third kappa shape index (κ3) is 3.95. The molecule has 28 heavy (non-hydrogen) atoms. The van der Waals surface area contributed by atoms with E-state index in [1.54, 1.807) is 31.4 Å². The van der Waals surface area contributed by atoms with Gasteiger partial charge in [0.15, 0.2) is 0 Å². The van der Waals surface area contributed by atoms with E-state index in [2.05, 4.69) is 0 Å². The summed E-state index contributed by atoms with van der Waals surface area (Å²) in [7, 11) is 1.54. The molecule has 1 saturated heterocycles. The van der Waals surface area contributed by atoms with Crippen LogP contribution >= 0.6 is 11.3 Å². The second-order valence-electron chi connectivity index (χ2n) is 6.38. The Balaban J connectivity index is 2.06. The number of aliphatic hydroxyl groups excluding tert-OH is 1. The highest BCUT2D eigenvalue weighted by Crippen LogP contribution is 2.41. The third-order valence-electron chi connectivity index (χ3n) is 4.47. The average Bonchev–Trinajstić information content (AvgIpc) is 3.32. The zero-order valence-electron chi connectivity index (χ0n) is 15.9. The van der Waals surface area contributed by atoms with Gasteiger partial charge < -0.3 is 19.5 Å². The standard InChI is InChI=1S/C21H23NO5S/c1-3-10-27-15-7-4-6-14(13-15)19(23)17-18(16-8-5-12-28-16)22(9-11-26-2)21(25)20(17)24/h4-8,12-13,18,23H,3,9-11H2,1-2H3/b19-17-. The van der Waals surface area contributed by atoms with Crippen molar-refractivity contribution in [3.05, 3.63) is 57.8 Å². The third-order valence-corrected chi connectivity index (χ3v) is 5.39. The Hall–Kier alpha value is -2.64. The number of ketones is 1. The van der Waals surface area contributed by atoms with Crippen LogP contribution < -0.4 is 4.74 Å². The van der Waals surface area contributed by atoms with Crippen molar-refractivity contribution in [2.24, 2.45) is 0 Å². The van der Waals surface area contributed by atoms with Crippen LogP contribution in [-0.4, -0.2) is 48.6 Å². The molecule has 2 heterocycles. The van der Waals surface area contributed by atoms with Crippen LogP contribution in [0.2, 0.25) is 0 Å². The number of nitrogens with zero attached hydrogens (tertiary/aromatic N) is 1. The predicted octanol–water partition coefficient (Wildman–Crippen LogP) is 3.61. The number of rotatable bonds is 8. The molecular formula is C21H23NO5S. The summed E-state index contributed by atoms with van der Waals surface area (Å²) in [6, 6.07) is 10.0. The van der Waals surface area contributed by atoms with Crippen molar-refractivity contribution in [2.75, 3.05) is 26.9 Å². The van der Waals surface area contributed by atoms with E-state index in [1.165, 1.54) is 16.2 Å². The van der Waals surface area contributed by atoms with Crippen molar-refractivity contribution in [3.8, 4) is 5.75 Å². The van der Waals surface area contributed by atoms with Crippen LogP contribution in [0.15, 0.2) is 47.4 Å². The summed E-state index contributed by atoms with van der Waals surface area (Å²) in [6.45, 7) is 3.13. The molecule has 1 N–H and O–H groups in total. The number of hydrogen-bond acceptors (Lipinski definition) is 6. The molecule has 1 amide bonds. The monoisotopic (exact) mass is 401 g/mol. The molecule has 1 aromatic carbocycles. The summed E-state index contributed by atoms with van der Waals surface area (Å²) in [5.74, 6) is -0.909. The van der Waals surface area contributed by atoms with E-state index in [0.29, 0.717) is 24.5 Å². The van der Waals surface area contributed by atoms with Crippen molar-refractivity contribution in [1.82, 2.24) is 4.90 Å². The van der Waals surface area contributed by atoms with Gasteiger partial charge in [-0.15, -0.1) is 11.3 Å². The molecule has 1 aromatic heterocycles. The number of thiophene rings is 1. The van der Waals surface area contributed by atoms with Crippen molar-refractivity contribution in [1.29, 1.82) is 0 Å². The number of carbonyl (C=O) groups is 2. The highest BCUT2D eigenvalue weighted by Gasteiger charge is 2.46. The van der Waals surface area contributed by atoms with Gasteiger partial charge in [-0.3, -0.25) is 9.59 Å². The maximum absolute atomic E-state index is 12.8. The fraction of sp³-hybridized carbons (Fsp3) is 0.333. The molecule has 0 aliphatic carbocycles. The van der Waals surface area contributed by atoms with Crippen LogP contribution in [0.4, 0.5) is 0 Å². The first-order valence-electron chi connectivity index (χ1n) is 9.12. The summed E-state index contributed by atoms with van der Waals surface area (Å²) in [6.07, 6.45) is 0.860. The Morgan fingerprint density at radius 3 is 2.71 bits per heavy atom. The van der Waals surface area contributed by atoms with Gasteiger partial charge in [0.2, 0.25) is 0 Å². The fourth-order valence-electron chi connectivity index (χ4n) is 3.15. The number of hydrogen-bond donors (Lipinski definition) is 1. The van der Waals surface area contributed by atoms with Crippen molar-refractivity contribution < 1.29 is 24.2 Å². The minimum Gasteiger partial charge on any atom is -0.507 e. The van der Waals surface area contributed by atoms with Crippen LogP contribution in [0.5, 0.6) is 5.75 Å². The van der Waals surface area contributed by atoms with Gasteiger partial charge in [-0.25, -0.2) is 0 Å². The first kappa shape index (κ1) is 20.1. The molecule has 0 bridgehead atoms. The van der Waals surface area contributed by atoms with E-state index < -0.39 is 17.7 Å². The van der Waals surface area contributed by atoms with Crippen LogP contribution in [-0.2, 0) is 14.3 Å². The van der Waals surface area contributed by atoms with Crippen LogP contribution in [0, 0.1) is 0 Å². The quantitative estimate of drug-likeness (QED) is 0.415. The minimum atomic E-state index is -0.688. The molecule has 2 aromatic rings. The fourth-order valence-corrected chi connectivity index (χ4v) is 4.00. The Bertz CT molecular complexity index is 875. The topological polar surface area (TPSA) is 76.1 Å². The molecule has 1 aliphatic heterocycles. The molecule has 1 atom stereocenters. The molecule has 1 aliphatic rings. The summed E-state index contributed by atoms with van der Waals surface area (Å²) in [5, 5.41) is 12.8. The van der Waals surface area contributed by atoms with Crippen LogP contribution in [0.25, 0.3) is 5.76 Å². The van der Waals surface area contributed by atoms with E-state index in [1.807, 2.05) is 24.4 Å². The van der Waals surface area contributed by atoms with Gasteiger partial charge in [-0.2, -0.15) is 0 Å². The summed E-state index contributed by atoms with van der Waals surface area (Å²) >= 11 is 1.44. The van der Waals surface area contributed by atoms with E-state index in [9.17, 15) is 14.7 Å². The van der Waals surface area contributed by atoms with Gasteiger partial charge >= 0.3 is 0 Å². The molecule has 0 saturated carbocycles. The molecule has 148 valence electrons. The highest BCUT2D eigenvalue weighted by molar-refractivity contribution is 7.10. The number of Topliss-reactive ketones (excluding diaryl/α,β-unsaturated/α-hetero) is 1. The van der Waals surface area contributed by atoms with Crippen molar-refractivity contribution in [3.63, 3.8) is 0 Å². The maximum Gasteiger partial charge on any atom is 0.295 e. The Kier molecular flexibility index (Phi) is 6.49. The minimum absolute atomic E-state index is 0.0937. The van der Waals surface area contributed by atoms with Gasteiger partial charge in [-0.05, 0) is 30.0 Å². The highest BCUT2D eigenvalue weighted by atomic mass is 32.1. The molecule has 1 fully saturated rings. The number of likely N-dealkylation sites (tertiary alicyclic amines) is 1. The summed E-state index contributed by atoms with van der Waals surface area (Å²) in [4.78, 5) is 27.7. The second kappa shape index (κ2) is 9.03. The lowest BCUT2D eigenvalue weighted by Crippen LogP contribution is -2.32. The van der Waals surface area contributed by atoms with Crippen molar-refractivity contribution in [2.45, 2.75) is 19.4 Å². The predicted molar refractivity (Wildman–Crippen MR) is 107 cm³/mol. The van der Waals surface area contributed by atoms with Gasteiger partial charge in [0.25, 0.3) is 11.7 Å². The molecule has 0 spiro atoms. The number of aliphatic hydroxyl groups is 1. The number of methoxy groups -OCH3 is 1. The largest absolute Gasteiger partial charge is 0.507 e. The normalized spacial score (nSPS) is 18.6. The van der Waals surface area contributed by atoms with Gasteiger partial charge in [0.05, 0.1) is 24.8 Å². The van der Waals surface area contributed by atoms with Crippen LogP contribution in [0.3, 0.4) is 0 Å². The lowest BCUT2D eigenvalue weighted by molar-refractivity contribution is -0.140. The molecule has 6 nitrogen and oxygen atoms in total.